The number of hydrogen-bond donors (Lipinski definition) is 2. The Hall–Kier alpha value is -2.09. The first-order valence-electron chi connectivity index (χ1n) is 7.44. The van der Waals surface area contributed by atoms with E-state index in [0.717, 1.165) is 4.90 Å². The fourth-order valence-corrected chi connectivity index (χ4v) is 3.06. The van der Waals surface area contributed by atoms with Crippen LogP contribution in [0.15, 0.2) is 47.4 Å². The van der Waals surface area contributed by atoms with E-state index in [4.69, 9.17) is 23.2 Å². The predicted octanol–water partition coefficient (Wildman–Crippen LogP) is 4.74. The van der Waals surface area contributed by atoms with Crippen LogP contribution in [-0.2, 0) is 4.79 Å². The van der Waals surface area contributed by atoms with Gasteiger partial charge in [0.15, 0.2) is 16.5 Å². The van der Waals surface area contributed by atoms with Crippen molar-refractivity contribution >= 4 is 46.6 Å². The second-order valence-electron chi connectivity index (χ2n) is 5.20. The molecule has 3 aromatic rings. The van der Waals surface area contributed by atoms with Crippen LogP contribution in [0.4, 0.5) is 10.1 Å². The highest BCUT2D eigenvalue weighted by Gasteiger charge is 2.16. The Morgan fingerprint density at radius 2 is 2.04 bits per heavy atom. The van der Waals surface area contributed by atoms with Crippen LogP contribution in [0, 0.1) is 5.82 Å². The van der Waals surface area contributed by atoms with E-state index in [9.17, 15) is 9.18 Å². The first kappa shape index (κ1) is 18.7. The van der Waals surface area contributed by atoms with Crippen molar-refractivity contribution in [3.63, 3.8) is 0 Å². The lowest BCUT2D eigenvalue weighted by atomic mass is 10.2. The fourth-order valence-electron chi connectivity index (χ4n) is 2.34. The molecule has 0 bridgehead atoms. The van der Waals surface area contributed by atoms with Crippen LogP contribution < -0.4 is 5.32 Å². The van der Waals surface area contributed by atoms with E-state index in [0.29, 0.717) is 28.5 Å². The van der Waals surface area contributed by atoms with Crippen molar-refractivity contribution in [1.82, 2.24) is 15.2 Å². The van der Waals surface area contributed by atoms with Gasteiger partial charge in [0.1, 0.15) is 5.82 Å². The molecule has 0 unspecified atom stereocenters. The molecule has 1 aromatic heterocycles. The van der Waals surface area contributed by atoms with Gasteiger partial charge in [-0.3, -0.25) is 9.89 Å². The van der Waals surface area contributed by atoms with Gasteiger partial charge in [-0.25, -0.2) is 9.37 Å². The predicted molar refractivity (Wildman–Crippen MR) is 103 cm³/mol. The number of halogens is 3. The fraction of sp³-hybridized carbons (Fsp3) is 0.118. The SMILES string of the molecule is CSc1cccc(F)c1-c1nc(-c2cccc(NC(=O)C(Cl)Cl)c2)n[nH]1. The summed E-state index contributed by atoms with van der Waals surface area (Å²) in [6.45, 7) is 0. The number of benzene rings is 2. The average Bonchev–Trinajstić information content (AvgIpc) is 3.11. The van der Waals surface area contributed by atoms with Crippen LogP contribution in [0.2, 0.25) is 0 Å². The number of thioether (sulfide) groups is 1. The minimum atomic E-state index is -1.17. The molecule has 0 aliphatic carbocycles. The maximum absolute atomic E-state index is 14.2. The quantitative estimate of drug-likeness (QED) is 0.470. The zero-order valence-corrected chi connectivity index (χ0v) is 15.8. The number of amides is 1. The lowest BCUT2D eigenvalue weighted by molar-refractivity contribution is -0.114. The summed E-state index contributed by atoms with van der Waals surface area (Å²) >= 11 is 12.5. The third-order valence-electron chi connectivity index (χ3n) is 3.50. The third-order valence-corrected chi connectivity index (χ3v) is 4.68. The smallest absolute Gasteiger partial charge is 0.257 e. The van der Waals surface area contributed by atoms with E-state index in [2.05, 4.69) is 20.5 Å². The number of aromatic amines is 1. The summed E-state index contributed by atoms with van der Waals surface area (Å²) in [7, 11) is 0. The molecule has 2 N–H and O–H groups in total. The number of hydrogen-bond acceptors (Lipinski definition) is 4. The van der Waals surface area contributed by atoms with Crippen molar-refractivity contribution in [2.75, 3.05) is 11.6 Å². The molecule has 0 spiro atoms. The molecule has 0 radical (unpaired) electrons. The highest BCUT2D eigenvalue weighted by Crippen LogP contribution is 2.31. The number of nitrogens with zero attached hydrogens (tertiary/aromatic N) is 2. The Kier molecular flexibility index (Phi) is 5.80. The molecule has 1 amide bonds. The lowest BCUT2D eigenvalue weighted by Crippen LogP contribution is -2.18. The summed E-state index contributed by atoms with van der Waals surface area (Å²) in [6, 6.07) is 11.7. The second-order valence-corrected chi connectivity index (χ2v) is 7.14. The molecule has 0 atom stereocenters. The zero-order chi connectivity index (χ0) is 18.7. The van der Waals surface area contributed by atoms with Crippen molar-refractivity contribution in [3.05, 3.63) is 48.3 Å². The van der Waals surface area contributed by atoms with Crippen LogP contribution in [0.3, 0.4) is 0 Å². The van der Waals surface area contributed by atoms with Crippen molar-refractivity contribution in [3.8, 4) is 22.8 Å². The monoisotopic (exact) mass is 410 g/mol. The topological polar surface area (TPSA) is 70.7 Å². The van der Waals surface area contributed by atoms with E-state index in [1.54, 1.807) is 30.3 Å². The molecule has 0 saturated carbocycles. The Morgan fingerprint density at radius 1 is 1.27 bits per heavy atom. The van der Waals surface area contributed by atoms with Gasteiger partial charge in [0, 0.05) is 16.1 Å². The molecule has 0 fully saturated rings. The van der Waals surface area contributed by atoms with Gasteiger partial charge in [-0.1, -0.05) is 41.4 Å². The van der Waals surface area contributed by atoms with Gasteiger partial charge in [-0.05, 0) is 30.5 Å². The van der Waals surface area contributed by atoms with E-state index in [1.807, 2.05) is 12.3 Å². The highest BCUT2D eigenvalue weighted by molar-refractivity contribution is 7.98. The summed E-state index contributed by atoms with van der Waals surface area (Å²) < 4.78 is 14.2. The Labute approximate surface area is 163 Å². The van der Waals surface area contributed by atoms with E-state index in [1.165, 1.54) is 17.8 Å². The van der Waals surface area contributed by atoms with Gasteiger partial charge in [-0.2, -0.15) is 5.10 Å². The highest BCUT2D eigenvalue weighted by atomic mass is 35.5. The number of rotatable bonds is 5. The van der Waals surface area contributed by atoms with Crippen molar-refractivity contribution in [2.45, 2.75) is 9.73 Å². The van der Waals surface area contributed by atoms with Crippen LogP contribution in [-0.4, -0.2) is 32.2 Å². The van der Waals surface area contributed by atoms with Crippen LogP contribution in [0.5, 0.6) is 0 Å². The molecule has 3 rings (SSSR count). The van der Waals surface area contributed by atoms with Gasteiger partial charge in [0.25, 0.3) is 5.91 Å². The number of carbonyl (C=O) groups is 1. The number of nitrogens with one attached hydrogen (secondary N) is 2. The van der Waals surface area contributed by atoms with Gasteiger partial charge >= 0.3 is 0 Å². The molecule has 0 aliphatic heterocycles. The average molecular weight is 411 g/mol. The van der Waals surface area contributed by atoms with Gasteiger partial charge in [0.2, 0.25) is 0 Å². The summed E-state index contributed by atoms with van der Waals surface area (Å²) in [5.41, 5.74) is 1.52. The van der Waals surface area contributed by atoms with E-state index < -0.39 is 10.7 Å². The Balaban J connectivity index is 1.93. The van der Waals surface area contributed by atoms with Gasteiger partial charge < -0.3 is 5.32 Å². The number of carbonyl (C=O) groups excluding carboxylic acids is 1. The van der Waals surface area contributed by atoms with Crippen molar-refractivity contribution in [1.29, 1.82) is 0 Å². The number of aromatic nitrogens is 3. The molecule has 5 nitrogen and oxygen atoms in total. The van der Waals surface area contributed by atoms with Crippen LogP contribution in [0.25, 0.3) is 22.8 Å². The third kappa shape index (κ3) is 4.00. The maximum Gasteiger partial charge on any atom is 0.257 e. The summed E-state index contributed by atoms with van der Waals surface area (Å²) in [4.78, 5) is 15.6. The number of H-pyrrole nitrogens is 1. The van der Waals surface area contributed by atoms with Gasteiger partial charge in [-0.15, -0.1) is 11.8 Å². The van der Waals surface area contributed by atoms with Gasteiger partial charge in [0.05, 0.1) is 5.56 Å². The molecule has 0 saturated heterocycles. The molecule has 26 heavy (non-hydrogen) atoms. The maximum atomic E-state index is 14.2. The zero-order valence-electron chi connectivity index (χ0n) is 13.5. The normalized spacial score (nSPS) is 11.0. The lowest BCUT2D eigenvalue weighted by Gasteiger charge is -2.06. The van der Waals surface area contributed by atoms with Crippen molar-refractivity contribution < 1.29 is 9.18 Å². The molecular weight excluding hydrogens is 398 g/mol. The first-order chi connectivity index (χ1) is 12.5. The minimum Gasteiger partial charge on any atom is -0.324 e. The van der Waals surface area contributed by atoms with E-state index >= 15 is 0 Å². The standard InChI is InChI=1S/C17H13Cl2FN4OS/c1-26-12-7-3-6-11(20)13(12)16-22-15(23-24-16)9-4-2-5-10(8-9)21-17(25)14(18)19/h2-8,14H,1H3,(H,21,25)(H,22,23,24). The minimum absolute atomic E-state index is 0.332. The summed E-state index contributed by atoms with van der Waals surface area (Å²) in [6.07, 6.45) is 1.86. The molecule has 134 valence electrons. The molecule has 2 aromatic carbocycles. The summed E-state index contributed by atoms with van der Waals surface area (Å²) in [5.74, 6) is -0.203. The summed E-state index contributed by atoms with van der Waals surface area (Å²) in [5, 5.41) is 9.51. The Bertz CT molecular complexity index is 948. The van der Waals surface area contributed by atoms with Crippen molar-refractivity contribution in [2.24, 2.45) is 0 Å². The first-order valence-corrected chi connectivity index (χ1v) is 9.54. The largest absolute Gasteiger partial charge is 0.324 e. The molecular formula is C17H13Cl2FN4OS. The number of anilines is 1. The Morgan fingerprint density at radius 3 is 2.77 bits per heavy atom. The van der Waals surface area contributed by atoms with Crippen LogP contribution in [0.1, 0.15) is 0 Å². The van der Waals surface area contributed by atoms with E-state index in [-0.39, 0.29) is 5.82 Å². The molecule has 9 heteroatoms. The second kappa shape index (κ2) is 8.07. The number of alkyl halides is 2. The molecule has 0 aliphatic rings. The molecule has 1 heterocycles. The van der Waals surface area contributed by atoms with Crippen LogP contribution >= 0.6 is 35.0 Å².